The van der Waals surface area contributed by atoms with Crippen LogP contribution in [-0.4, -0.2) is 21.9 Å². The summed E-state index contributed by atoms with van der Waals surface area (Å²) in [6, 6.07) is 37.6. The Morgan fingerprint density at radius 1 is 0.606 bits per heavy atom. The molecule has 0 aliphatic carbocycles. The summed E-state index contributed by atoms with van der Waals surface area (Å²) >= 11 is 0. The molecule has 0 atom stereocenters. The molecule has 4 nitrogen and oxygen atoms in total. The van der Waals surface area contributed by atoms with E-state index in [1.807, 2.05) is 23.0 Å². The van der Waals surface area contributed by atoms with E-state index in [9.17, 15) is 0 Å². The van der Waals surface area contributed by atoms with Crippen molar-refractivity contribution in [3.05, 3.63) is 121 Å². The lowest BCUT2D eigenvalue weighted by Crippen LogP contribution is -2.11. The fraction of sp³-hybridized carbons (Fsp3) is 0.0345. The Hall–Kier alpha value is -4.44. The Bertz CT molecular complexity index is 1510. The first-order chi connectivity index (χ1) is 16.3. The standard InChI is InChI=1S/C29H21N4/c1-2-7-21(8-3-1)22-13-15-24(16-14-22)28-20-33(32-31-28)26-11-6-10-25(19-26)29-27-12-5-4-9-23(27)17-18-30-29/h1-19H,20H2/q+1. The molecule has 4 heteroatoms. The molecule has 0 amide bonds. The highest BCUT2D eigenvalue weighted by atomic mass is 15.5. The predicted octanol–water partition coefficient (Wildman–Crippen LogP) is 7.08. The Morgan fingerprint density at radius 2 is 1.33 bits per heavy atom. The number of rotatable bonds is 4. The van der Waals surface area contributed by atoms with Crippen LogP contribution in [0.25, 0.3) is 33.2 Å². The van der Waals surface area contributed by atoms with Gasteiger partial charge in [-0.25, -0.2) is 0 Å². The van der Waals surface area contributed by atoms with Crippen LogP contribution in [0, 0.1) is 0 Å². The van der Waals surface area contributed by atoms with Crippen molar-refractivity contribution < 1.29 is 4.70 Å². The maximum absolute atomic E-state index is 4.66. The Kier molecular flexibility index (Phi) is 4.81. The lowest BCUT2D eigenvalue weighted by molar-refractivity contribution is -0.492. The summed E-state index contributed by atoms with van der Waals surface area (Å²) in [6.45, 7) is 0.636. The summed E-state index contributed by atoms with van der Waals surface area (Å²) in [7, 11) is 0. The summed E-state index contributed by atoms with van der Waals surface area (Å²) in [4.78, 5) is 4.66. The predicted molar refractivity (Wildman–Crippen MR) is 133 cm³/mol. The van der Waals surface area contributed by atoms with Gasteiger partial charge in [-0.05, 0) is 34.7 Å². The molecule has 0 N–H and O–H groups in total. The second-order valence-corrected chi connectivity index (χ2v) is 8.07. The first-order valence-corrected chi connectivity index (χ1v) is 11.0. The lowest BCUT2D eigenvalue weighted by Gasteiger charge is -2.07. The normalized spacial score (nSPS) is 13.1. The van der Waals surface area contributed by atoms with E-state index < -0.39 is 0 Å². The fourth-order valence-electron chi connectivity index (χ4n) is 4.25. The van der Waals surface area contributed by atoms with Gasteiger partial charge in [-0.2, -0.15) is 0 Å². The third-order valence-corrected chi connectivity index (χ3v) is 5.99. The monoisotopic (exact) mass is 425 g/mol. The molecule has 2 heterocycles. The van der Waals surface area contributed by atoms with Gasteiger partial charge in [0.2, 0.25) is 5.71 Å². The zero-order valence-electron chi connectivity index (χ0n) is 18.0. The van der Waals surface area contributed by atoms with E-state index in [0.717, 1.165) is 33.6 Å². The van der Waals surface area contributed by atoms with Crippen molar-refractivity contribution in [3.8, 4) is 22.4 Å². The minimum absolute atomic E-state index is 0.636. The van der Waals surface area contributed by atoms with E-state index in [4.69, 9.17) is 0 Å². The molecule has 0 saturated heterocycles. The van der Waals surface area contributed by atoms with Crippen molar-refractivity contribution in [2.24, 2.45) is 10.3 Å². The number of fused-ring (bicyclic) bond motifs is 1. The van der Waals surface area contributed by atoms with Crippen molar-refractivity contribution in [1.82, 2.24) is 4.98 Å². The molecule has 33 heavy (non-hydrogen) atoms. The molecule has 0 spiro atoms. The summed E-state index contributed by atoms with van der Waals surface area (Å²) in [5.74, 6) is 0. The molecule has 0 saturated carbocycles. The quantitative estimate of drug-likeness (QED) is 0.284. The number of aromatic nitrogens is 1. The molecular weight excluding hydrogens is 404 g/mol. The highest BCUT2D eigenvalue weighted by Crippen LogP contribution is 2.30. The summed E-state index contributed by atoms with van der Waals surface area (Å²) in [5, 5.41) is 11.2. The zero-order chi connectivity index (χ0) is 22.0. The number of hydrogen-bond donors (Lipinski definition) is 0. The molecule has 0 radical (unpaired) electrons. The molecule has 156 valence electrons. The molecule has 1 aliphatic rings. The molecular formula is C29H21N4+. The molecule has 4 aromatic carbocycles. The van der Waals surface area contributed by atoms with Gasteiger partial charge in [0.1, 0.15) is 5.22 Å². The van der Waals surface area contributed by atoms with Crippen LogP contribution in [0.2, 0.25) is 0 Å². The summed E-state index contributed by atoms with van der Waals surface area (Å²) in [6.07, 6.45) is 1.87. The van der Waals surface area contributed by atoms with Crippen LogP contribution < -0.4 is 0 Å². The Morgan fingerprint density at radius 3 is 2.21 bits per heavy atom. The first-order valence-electron chi connectivity index (χ1n) is 11.0. The maximum Gasteiger partial charge on any atom is 0.231 e. The van der Waals surface area contributed by atoms with E-state index >= 15 is 0 Å². The number of hydrogen-bond acceptors (Lipinski definition) is 3. The zero-order valence-corrected chi connectivity index (χ0v) is 18.0. The van der Waals surface area contributed by atoms with Gasteiger partial charge in [0.15, 0.2) is 12.2 Å². The van der Waals surface area contributed by atoms with Crippen molar-refractivity contribution >= 4 is 22.2 Å². The van der Waals surface area contributed by atoms with Crippen molar-refractivity contribution in [3.63, 3.8) is 0 Å². The Labute approximate surface area is 192 Å². The second kappa shape index (κ2) is 8.24. The van der Waals surface area contributed by atoms with E-state index in [1.165, 1.54) is 16.5 Å². The van der Waals surface area contributed by atoms with E-state index in [-0.39, 0.29) is 0 Å². The van der Waals surface area contributed by atoms with Gasteiger partial charge in [0.05, 0.1) is 10.8 Å². The molecule has 0 unspecified atom stereocenters. The number of benzene rings is 4. The average Bonchev–Trinajstić information content (AvgIpc) is 3.40. The minimum atomic E-state index is 0.636. The third-order valence-electron chi connectivity index (χ3n) is 5.99. The van der Waals surface area contributed by atoms with Crippen molar-refractivity contribution in [2.45, 2.75) is 0 Å². The molecule has 1 aromatic heterocycles. The minimum Gasteiger partial charge on any atom is -0.256 e. The third kappa shape index (κ3) is 3.72. The van der Waals surface area contributed by atoms with Gasteiger partial charge in [-0.15, -0.1) is 4.70 Å². The highest BCUT2D eigenvalue weighted by molar-refractivity contribution is 6.02. The van der Waals surface area contributed by atoms with Crippen molar-refractivity contribution in [1.29, 1.82) is 0 Å². The van der Waals surface area contributed by atoms with Gasteiger partial charge < -0.3 is 0 Å². The fourth-order valence-corrected chi connectivity index (χ4v) is 4.25. The van der Waals surface area contributed by atoms with Crippen LogP contribution in [0.3, 0.4) is 0 Å². The van der Waals surface area contributed by atoms with Crippen molar-refractivity contribution in [2.75, 3.05) is 6.54 Å². The largest absolute Gasteiger partial charge is 0.256 e. The number of nitrogens with zero attached hydrogens (tertiary/aromatic N) is 4. The highest BCUT2D eigenvalue weighted by Gasteiger charge is 2.24. The van der Waals surface area contributed by atoms with Gasteiger partial charge in [-0.3, -0.25) is 4.98 Å². The molecule has 0 fully saturated rings. The molecule has 1 aliphatic heterocycles. The number of pyridine rings is 1. The van der Waals surface area contributed by atoms with Crippen LogP contribution in [-0.2, 0) is 0 Å². The van der Waals surface area contributed by atoms with Gasteiger partial charge >= 0.3 is 0 Å². The first kappa shape index (κ1) is 19.3. The Balaban J connectivity index is 1.24. The molecule has 0 bridgehead atoms. The lowest BCUT2D eigenvalue weighted by atomic mass is 10.0. The smallest absolute Gasteiger partial charge is 0.231 e. The van der Waals surface area contributed by atoms with Crippen LogP contribution in [0.1, 0.15) is 5.56 Å². The van der Waals surface area contributed by atoms with Crippen LogP contribution in [0.5, 0.6) is 0 Å². The van der Waals surface area contributed by atoms with E-state index in [0.29, 0.717) is 6.54 Å². The van der Waals surface area contributed by atoms with Gasteiger partial charge in [0.25, 0.3) is 0 Å². The van der Waals surface area contributed by atoms with Gasteiger partial charge in [0, 0.05) is 22.7 Å². The summed E-state index contributed by atoms with van der Waals surface area (Å²) < 4.78 is 1.94. The van der Waals surface area contributed by atoms with Crippen LogP contribution in [0.15, 0.2) is 126 Å². The summed E-state index contributed by atoms with van der Waals surface area (Å²) in [5.41, 5.74) is 7.51. The molecule has 6 rings (SSSR count). The second-order valence-electron chi connectivity index (χ2n) is 8.07. The van der Waals surface area contributed by atoms with E-state index in [2.05, 4.69) is 112 Å². The SMILES string of the molecule is c1ccc(-c2ccc(C3=NN=[N+](c4cccc(-c5nccc6ccccc56)c4)C3)cc2)cc1. The average molecular weight is 426 g/mol. The molecule has 5 aromatic rings. The maximum atomic E-state index is 4.66. The topological polar surface area (TPSA) is 40.6 Å². The van der Waals surface area contributed by atoms with Gasteiger partial charge in [-0.1, -0.05) is 91.0 Å². The van der Waals surface area contributed by atoms with E-state index in [1.54, 1.807) is 0 Å². The van der Waals surface area contributed by atoms with Crippen LogP contribution >= 0.6 is 0 Å². The van der Waals surface area contributed by atoms with Crippen LogP contribution in [0.4, 0.5) is 5.69 Å².